The van der Waals surface area contributed by atoms with E-state index in [4.69, 9.17) is 0 Å². The molecule has 2 N–H and O–H groups in total. The Hall–Kier alpha value is -2.22. The Labute approximate surface area is 141 Å². The standard InChI is InChI=1S/C16H25N7O/c1-16(2,3)15-20-13(11-9-19-22(4)14(11)21-15)18-10-12(24)23-7-5-17-6-8-23/h9,17H,5-8,10H2,1-4H3,(H,18,20,21). The lowest BCUT2D eigenvalue weighted by atomic mass is 9.95. The minimum Gasteiger partial charge on any atom is -0.360 e. The van der Waals surface area contributed by atoms with E-state index in [0.29, 0.717) is 5.82 Å². The summed E-state index contributed by atoms with van der Waals surface area (Å²) in [4.78, 5) is 23.5. The Balaban J connectivity index is 1.84. The zero-order chi connectivity index (χ0) is 17.3. The van der Waals surface area contributed by atoms with Crippen LogP contribution in [-0.4, -0.2) is 63.3 Å². The number of carbonyl (C=O) groups is 1. The molecule has 1 aliphatic heterocycles. The molecule has 1 aliphatic rings. The highest BCUT2D eigenvalue weighted by atomic mass is 16.2. The molecule has 1 saturated heterocycles. The van der Waals surface area contributed by atoms with Crippen LogP contribution in [0.4, 0.5) is 5.82 Å². The van der Waals surface area contributed by atoms with Gasteiger partial charge in [0.1, 0.15) is 11.6 Å². The van der Waals surface area contributed by atoms with E-state index in [0.717, 1.165) is 43.0 Å². The Morgan fingerprint density at radius 3 is 2.67 bits per heavy atom. The van der Waals surface area contributed by atoms with Gasteiger partial charge in [0.2, 0.25) is 5.91 Å². The van der Waals surface area contributed by atoms with Gasteiger partial charge in [0.05, 0.1) is 18.1 Å². The van der Waals surface area contributed by atoms with E-state index in [1.807, 2.05) is 11.9 Å². The summed E-state index contributed by atoms with van der Waals surface area (Å²) >= 11 is 0. The number of amides is 1. The molecule has 8 nitrogen and oxygen atoms in total. The van der Waals surface area contributed by atoms with E-state index >= 15 is 0 Å². The summed E-state index contributed by atoms with van der Waals surface area (Å²) in [5.74, 6) is 1.49. The number of rotatable bonds is 3. The molecule has 0 saturated carbocycles. The summed E-state index contributed by atoms with van der Waals surface area (Å²) in [5.41, 5.74) is 0.587. The second-order valence-electron chi connectivity index (χ2n) is 7.14. The normalized spacial score (nSPS) is 15.8. The van der Waals surface area contributed by atoms with E-state index in [2.05, 4.69) is 46.5 Å². The van der Waals surface area contributed by atoms with Gasteiger partial charge >= 0.3 is 0 Å². The van der Waals surface area contributed by atoms with E-state index in [9.17, 15) is 4.79 Å². The number of anilines is 1. The summed E-state index contributed by atoms with van der Waals surface area (Å²) < 4.78 is 1.73. The van der Waals surface area contributed by atoms with Gasteiger partial charge in [-0.05, 0) is 0 Å². The molecule has 0 spiro atoms. The van der Waals surface area contributed by atoms with Gasteiger partial charge in [0, 0.05) is 38.6 Å². The molecule has 0 bridgehead atoms. The number of piperazine rings is 1. The van der Waals surface area contributed by atoms with Crippen LogP contribution in [0.1, 0.15) is 26.6 Å². The molecule has 0 radical (unpaired) electrons. The van der Waals surface area contributed by atoms with Crippen molar-refractivity contribution in [2.45, 2.75) is 26.2 Å². The second kappa shape index (κ2) is 6.35. The van der Waals surface area contributed by atoms with Crippen molar-refractivity contribution in [1.82, 2.24) is 30.0 Å². The zero-order valence-electron chi connectivity index (χ0n) is 14.8. The molecule has 2 aromatic heterocycles. The topological polar surface area (TPSA) is 88.0 Å². The highest BCUT2D eigenvalue weighted by Gasteiger charge is 2.22. The fraction of sp³-hybridized carbons (Fsp3) is 0.625. The molecule has 0 aromatic carbocycles. The number of aromatic nitrogens is 4. The van der Waals surface area contributed by atoms with Gasteiger partial charge in [-0.25, -0.2) is 9.97 Å². The highest BCUT2D eigenvalue weighted by Crippen LogP contribution is 2.25. The van der Waals surface area contributed by atoms with Crippen LogP contribution in [-0.2, 0) is 17.3 Å². The average Bonchev–Trinajstić information content (AvgIpc) is 2.94. The molecule has 0 atom stereocenters. The first-order valence-electron chi connectivity index (χ1n) is 8.29. The Kier molecular flexibility index (Phi) is 4.40. The summed E-state index contributed by atoms with van der Waals surface area (Å²) in [5, 5.41) is 11.5. The number of nitrogens with zero attached hydrogens (tertiary/aromatic N) is 5. The lowest BCUT2D eigenvalue weighted by Crippen LogP contribution is -2.48. The third kappa shape index (κ3) is 3.33. The molecule has 8 heteroatoms. The third-order valence-corrected chi connectivity index (χ3v) is 4.14. The van der Waals surface area contributed by atoms with Crippen LogP contribution in [0.5, 0.6) is 0 Å². The number of hydrogen-bond donors (Lipinski definition) is 2. The molecular formula is C16H25N7O. The van der Waals surface area contributed by atoms with Crippen molar-refractivity contribution in [2.24, 2.45) is 7.05 Å². The van der Waals surface area contributed by atoms with Crippen LogP contribution in [0.15, 0.2) is 6.20 Å². The molecule has 1 fully saturated rings. The lowest BCUT2D eigenvalue weighted by molar-refractivity contribution is -0.129. The second-order valence-corrected chi connectivity index (χ2v) is 7.14. The van der Waals surface area contributed by atoms with Crippen molar-refractivity contribution in [3.63, 3.8) is 0 Å². The van der Waals surface area contributed by atoms with Crippen molar-refractivity contribution in [3.8, 4) is 0 Å². The molecular weight excluding hydrogens is 306 g/mol. The van der Waals surface area contributed by atoms with Crippen molar-refractivity contribution < 1.29 is 4.79 Å². The van der Waals surface area contributed by atoms with Crippen LogP contribution in [0.2, 0.25) is 0 Å². The van der Waals surface area contributed by atoms with Gasteiger partial charge in [-0.3, -0.25) is 9.48 Å². The number of nitrogens with one attached hydrogen (secondary N) is 2. The van der Waals surface area contributed by atoms with Gasteiger partial charge < -0.3 is 15.5 Å². The Morgan fingerprint density at radius 2 is 2.00 bits per heavy atom. The van der Waals surface area contributed by atoms with Crippen molar-refractivity contribution >= 4 is 22.8 Å². The van der Waals surface area contributed by atoms with E-state index < -0.39 is 0 Å². The molecule has 0 aliphatic carbocycles. The maximum atomic E-state index is 12.4. The molecule has 1 amide bonds. The minimum atomic E-state index is -0.183. The largest absolute Gasteiger partial charge is 0.360 e. The number of fused-ring (bicyclic) bond motifs is 1. The first-order chi connectivity index (χ1) is 11.4. The first-order valence-corrected chi connectivity index (χ1v) is 8.29. The summed E-state index contributed by atoms with van der Waals surface area (Å²) in [6.45, 7) is 9.63. The molecule has 24 heavy (non-hydrogen) atoms. The number of carbonyl (C=O) groups excluding carboxylic acids is 1. The molecule has 3 rings (SSSR count). The van der Waals surface area contributed by atoms with Crippen LogP contribution >= 0.6 is 0 Å². The van der Waals surface area contributed by atoms with E-state index in [-0.39, 0.29) is 17.9 Å². The quantitative estimate of drug-likeness (QED) is 0.852. The fourth-order valence-corrected chi connectivity index (χ4v) is 2.68. The van der Waals surface area contributed by atoms with Crippen molar-refractivity contribution in [3.05, 3.63) is 12.0 Å². The monoisotopic (exact) mass is 331 g/mol. The zero-order valence-corrected chi connectivity index (χ0v) is 14.8. The van der Waals surface area contributed by atoms with Gasteiger partial charge in [0.25, 0.3) is 0 Å². The van der Waals surface area contributed by atoms with Crippen molar-refractivity contribution in [1.29, 1.82) is 0 Å². The number of aryl methyl sites for hydroxylation is 1. The van der Waals surface area contributed by atoms with E-state index in [1.54, 1.807) is 10.9 Å². The summed E-state index contributed by atoms with van der Waals surface area (Å²) in [7, 11) is 1.86. The van der Waals surface area contributed by atoms with E-state index in [1.165, 1.54) is 0 Å². The maximum absolute atomic E-state index is 12.4. The third-order valence-electron chi connectivity index (χ3n) is 4.14. The van der Waals surface area contributed by atoms with Gasteiger partial charge in [-0.15, -0.1) is 0 Å². The molecule has 2 aromatic rings. The Bertz CT molecular complexity index is 741. The van der Waals surface area contributed by atoms with Gasteiger partial charge in [-0.2, -0.15) is 5.10 Å². The molecule has 3 heterocycles. The summed E-state index contributed by atoms with van der Waals surface area (Å²) in [6.07, 6.45) is 1.74. The van der Waals surface area contributed by atoms with Gasteiger partial charge in [-0.1, -0.05) is 20.8 Å². The lowest BCUT2D eigenvalue weighted by Gasteiger charge is -2.27. The molecule has 130 valence electrons. The van der Waals surface area contributed by atoms with Crippen molar-refractivity contribution in [2.75, 3.05) is 38.0 Å². The van der Waals surface area contributed by atoms with Crippen LogP contribution < -0.4 is 10.6 Å². The minimum absolute atomic E-state index is 0.0875. The van der Waals surface area contributed by atoms with Gasteiger partial charge in [0.15, 0.2) is 5.65 Å². The highest BCUT2D eigenvalue weighted by molar-refractivity contribution is 5.89. The summed E-state index contributed by atoms with van der Waals surface area (Å²) in [6, 6.07) is 0. The predicted molar refractivity (Wildman–Crippen MR) is 92.9 cm³/mol. The van der Waals surface area contributed by atoms with Crippen LogP contribution in [0.25, 0.3) is 11.0 Å². The first kappa shape index (κ1) is 16.6. The Morgan fingerprint density at radius 1 is 1.29 bits per heavy atom. The van der Waals surface area contributed by atoms with Crippen LogP contribution in [0.3, 0.4) is 0 Å². The fourth-order valence-electron chi connectivity index (χ4n) is 2.68. The maximum Gasteiger partial charge on any atom is 0.242 e. The average molecular weight is 331 g/mol. The molecule has 0 unspecified atom stereocenters. The SMILES string of the molecule is Cn1ncc2c(NCC(=O)N3CCNCC3)nc(C(C)(C)C)nc21. The smallest absolute Gasteiger partial charge is 0.242 e. The van der Waals surface area contributed by atoms with Crippen LogP contribution in [0, 0.1) is 0 Å². The predicted octanol–water partition coefficient (Wildman–Crippen LogP) is 0.505. The number of hydrogen-bond acceptors (Lipinski definition) is 6.